The summed E-state index contributed by atoms with van der Waals surface area (Å²) in [5.41, 5.74) is 1.12. The van der Waals surface area contributed by atoms with Crippen molar-refractivity contribution < 1.29 is 38.0 Å². The molecule has 46 heavy (non-hydrogen) atoms. The summed E-state index contributed by atoms with van der Waals surface area (Å²) in [5.74, 6) is 0.952. The zero-order valence-corrected chi connectivity index (χ0v) is 27.0. The lowest BCUT2D eigenvalue weighted by Crippen LogP contribution is -2.36. The second-order valence-electron chi connectivity index (χ2n) is 11.1. The van der Waals surface area contributed by atoms with Gasteiger partial charge in [0.2, 0.25) is 0 Å². The van der Waals surface area contributed by atoms with E-state index in [1.807, 2.05) is 0 Å². The van der Waals surface area contributed by atoms with Gasteiger partial charge < -0.3 is 28.4 Å². The molecular formula is C34H46N4O8. The number of carbonyl (C=O) groups is 2. The summed E-state index contributed by atoms with van der Waals surface area (Å²) in [4.78, 5) is 28.3. The number of nitrogens with zero attached hydrogens (tertiary/aromatic N) is 4. The first-order chi connectivity index (χ1) is 22.5. The Labute approximate surface area is 271 Å². The quantitative estimate of drug-likeness (QED) is 0.0828. The Bertz CT molecular complexity index is 1210. The SMILES string of the molecule is CC(=O)Oc1cc(OCCCCN2CCOCC2)ccc1/C=N\N=C/c1ccc(OCCCCN2CCOCC2)cc1OC(C)=O. The first-order valence-corrected chi connectivity index (χ1v) is 16.0. The highest BCUT2D eigenvalue weighted by molar-refractivity contribution is 5.88. The lowest BCUT2D eigenvalue weighted by Gasteiger charge is -2.26. The first-order valence-electron chi connectivity index (χ1n) is 16.0. The summed E-state index contributed by atoms with van der Waals surface area (Å²) in [6, 6.07) is 10.5. The fourth-order valence-electron chi connectivity index (χ4n) is 5.00. The molecule has 2 heterocycles. The third-order valence-corrected chi connectivity index (χ3v) is 7.42. The van der Waals surface area contributed by atoms with E-state index in [1.165, 1.54) is 26.3 Å². The van der Waals surface area contributed by atoms with Gasteiger partial charge in [0.15, 0.2) is 0 Å². The first kappa shape index (κ1) is 35.0. The van der Waals surface area contributed by atoms with Crippen LogP contribution >= 0.6 is 0 Å². The van der Waals surface area contributed by atoms with Crippen LogP contribution in [0.3, 0.4) is 0 Å². The van der Waals surface area contributed by atoms with Crippen molar-refractivity contribution in [3.63, 3.8) is 0 Å². The van der Waals surface area contributed by atoms with Gasteiger partial charge in [0, 0.05) is 63.3 Å². The molecule has 0 radical (unpaired) electrons. The minimum atomic E-state index is -0.453. The van der Waals surface area contributed by atoms with Crippen molar-refractivity contribution >= 4 is 24.4 Å². The number of hydrogen-bond acceptors (Lipinski definition) is 12. The molecule has 0 amide bonds. The number of hydrogen-bond donors (Lipinski definition) is 0. The van der Waals surface area contributed by atoms with Gasteiger partial charge in [-0.05, 0) is 63.0 Å². The Kier molecular flexibility index (Phi) is 14.9. The third kappa shape index (κ3) is 12.9. The topological polar surface area (TPSA) is 121 Å². The second-order valence-corrected chi connectivity index (χ2v) is 11.1. The molecule has 0 bridgehead atoms. The molecule has 2 aliphatic rings. The van der Waals surface area contributed by atoms with E-state index < -0.39 is 11.9 Å². The van der Waals surface area contributed by atoms with Crippen LogP contribution in [0.25, 0.3) is 0 Å². The number of carbonyl (C=O) groups excluding carboxylic acids is 2. The monoisotopic (exact) mass is 638 g/mol. The molecule has 2 aromatic carbocycles. The minimum Gasteiger partial charge on any atom is -0.493 e. The maximum Gasteiger partial charge on any atom is 0.308 e. The van der Waals surface area contributed by atoms with Crippen LogP contribution in [-0.2, 0) is 19.1 Å². The van der Waals surface area contributed by atoms with Gasteiger partial charge in [0.05, 0.1) is 52.1 Å². The van der Waals surface area contributed by atoms with E-state index in [0.29, 0.717) is 47.3 Å². The van der Waals surface area contributed by atoms with Gasteiger partial charge in [-0.25, -0.2) is 0 Å². The van der Waals surface area contributed by atoms with E-state index in [1.54, 1.807) is 36.4 Å². The number of rotatable bonds is 17. The second kappa shape index (κ2) is 19.6. The zero-order valence-electron chi connectivity index (χ0n) is 27.0. The third-order valence-electron chi connectivity index (χ3n) is 7.42. The van der Waals surface area contributed by atoms with E-state index in [-0.39, 0.29) is 0 Å². The predicted octanol–water partition coefficient (Wildman–Crippen LogP) is 3.97. The Morgan fingerprint density at radius 2 is 1.09 bits per heavy atom. The average molecular weight is 639 g/mol. The van der Waals surface area contributed by atoms with Gasteiger partial charge >= 0.3 is 11.9 Å². The molecule has 0 saturated carbocycles. The Balaban J connectivity index is 1.28. The van der Waals surface area contributed by atoms with E-state index >= 15 is 0 Å². The summed E-state index contributed by atoms with van der Waals surface area (Å²) in [7, 11) is 0. The fourth-order valence-corrected chi connectivity index (χ4v) is 5.00. The molecule has 12 nitrogen and oxygen atoms in total. The van der Waals surface area contributed by atoms with Crippen LogP contribution in [0, 0.1) is 0 Å². The van der Waals surface area contributed by atoms with Crippen molar-refractivity contribution in [2.45, 2.75) is 39.5 Å². The highest BCUT2D eigenvalue weighted by Gasteiger charge is 2.12. The van der Waals surface area contributed by atoms with Gasteiger partial charge in [0.25, 0.3) is 0 Å². The summed E-state index contributed by atoms with van der Waals surface area (Å²) >= 11 is 0. The number of benzene rings is 2. The van der Waals surface area contributed by atoms with Crippen LogP contribution in [0.2, 0.25) is 0 Å². The molecule has 0 N–H and O–H groups in total. The van der Waals surface area contributed by atoms with E-state index in [2.05, 4.69) is 20.0 Å². The molecule has 0 unspecified atom stereocenters. The average Bonchev–Trinajstić information content (AvgIpc) is 3.05. The van der Waals surface area contributed by atoms with Crippen molar-refractivity contribution in [1.82, 2.24) is 9.80 Å². The minimum absolute atomic E-state index is 0.323. The summed E-state index contributed by atoms with van der Waals surface area (Å²) in [5, 5.41) is 8.26. The molecule has 0 aromatic heterocycles. The highest BCUT2D eigenvalue weighted by Crippen LogP contribution is 2.26. The smallest absolute Gasteiger partial charge is 0.308 e. The molecule has 2 fully saturated rings. The van der Waals surface area contributed by atoms with E-state index in [0.717, 1.165) is 91.4 Å². The number of ether oxygens (including phenoxy) is 6. The van der Waals surface area contributed by atoms with Crippen molar-refractivity contribution in [2.75, 3.05) is 78.9 Å². The Morgan fingerprint density at radius 1 is 0.674 bits per heavy atom. The normalized spacial score (nSPS) is 16.1. The molecule has 2 aromatic rings. The molecule has 4 rings (SSSR count). The maximum atomic E-state index is 11.7. The van der Waals surface area contributed by atoms with Gasteiger partial charge in [-0.15, -0.1) is 0 Å². The van der Waals surface area contributed by atoms with Gasteiger partial charge in [-0.3, -0.25) is 19.4 Å². The zero-order chi connectivity index (χ0) is 32.4. The van der Waals surface area contributed by atoms with Crippen LogP contribution in [0.15, 0.2) is 46.6 Å². The summed E-state index contributed by atoms with van der Waals surface area (Å²) < 4.78 is 33.4. The van der Waals surface area contributed by atoms with Crippen molar-refractivity contribution in [3.05, 3.63) is 47.5 Å². The maximum absolute atomic E-state index is 11.7. The molecule has 250 valence electrons. The largest absolute Gasteiger partial charge is 0.493 e. The molecule has 2 aliphatic heterocycles. The number of unbranched alkanes of at least 4 members (excludes halogenated alkanes) is 2. The lowest BCUT2D eigenvalue weighted by molar-refractivity contribution is -0.132. The predicted molar refractivity (Wildman–Crippen MR) is 175 cm³/mol. The molecular weight excluding hydrogens is 592 g/mol. The molecule has 12 heteroatoms. The highest BCUT2D eigenvalue weighted by atomic mass is 16.5. The fraction of sp³-hybridized carbons (Fsp3) is 0.529. The van der Waals surface area contributed by atoms with Crippen LogP contribution in [0.5, 0.6) is 23.0 Å². The lowest BCUT2D eigenvalue weighted by atomic mass is 10.2. The van der Waals surface area contributed by atoms with Crippen molar-refractivity contribution in [3.8, 4) is 23.0 Å². The van der Waals surface area contributed by atoms with E-state index in [9.17, 15) is 9.59 Å². The molecule has 0 atom stereocenters. The van der Waals surface area contributed by atoms with Crippen molar-refractivity contribution in [2.24, 2.45) is 10.2 Å². The summed E-state index contributed by atoms with van der Waals surface area (Å²) in [6.45, 7) is 12.9. The number of morpholine rings is 2. The van der Waals surface area contributed by atoms with Crippen LogP contribution in [0.4, 0.5) is 0 Å². The van der Waals surface area contributed by atoms with Crippen LogP contribution in [0.1, 0.15) is 50.7 Å². The van der Waals surface area contributed by atoms with Crippen LogP contribution in [-0.4, -0.2) is 113 Å². The number of esters is 2. The van der Waals surface area contributed by atoms with Crippen molar-refractivity contribution in [1.29, 1.82) is 0 Å². The van der Waals surface area contributed by atoms with Gasteiger partial charge in [0.1, 0.15) is 23.0 Å². The summed E-state index contributed by atoms with van der Waals surface area (Å²) in [6.07, 6.45) is 6.86. The molecule has 0 spiro atoms. The standard InChI is InChI=1S/C34H46N4O8/c1-27(39)45-33-23-31(43-17-5-3-11-37-13-19-41-20-14-37)9-7-29(33)25-35-36-26-30-8-10-32(24-34(30)46-28(2)40)44-18-6-4-12-38-15-21-42-22-16-38/h7-10,23-26H,3-6,11-22H2,1-2H3/b35-25-,36-26-. The van der Waals surface area contributed by atoms with Gasteiger partial charge in [-0.1, -0.05) is 0 Å². The van der Waals surface area contributed by atoms with Gasteiger partial charge in [-0.2, -0.15) is 10.2 Å². The van der Waals surface area contributed by atoms with Crippen LogP contribution < -0.4 is 18.9 Å². The Morgan fingerprint density at radius 3 is 1.48 bits per heavy atom. The Hall–Kier alpha value is -3.84. The van der Waals surface area contributed by atoms with E-state index in [4.69, 9.17) is 28.4 Å². The molecule has 0 aliphatic carbocycles. The molecule has 2 saturated heterocycles.